The fraction of sp³-hybridized carbons (Fsp3) is 0.954. The van der Waals surface area contributed by atoms with Crippen LogP contribution in [-0.4, -0.2) is 96.7 Å². The summed E-state index contributed by atoms with van der Waals surface area (Å²) < 4.78 is 69.0. The van der Waals surface area contributed by atoms with Gasteiger partial charge in [-0.2, -0.15) is 0 Å². The minimum atomic E-state index is -4.97. The van der Waals surface area contributed by atoms with Gasteiger partial charge in [-0.05, 0) is 49.4 Å². The first-order valence-corrected chi connectivity index (χ1v) is 47.8. The van der Waals surface area contributed by atoms with E-state index < -0.39 is 97.5 Å². The van der Waals surface area contributed by atoms with E-state index in [0.29, 0.717) is 25.7 Å². The van der Waals surface area contributed by atoms with Crippen LogP contribution in [-0.2, 0) is 65.4 Å². The van der Waals surface area contributed by atoms with E-state index in [4.69, 9.17) is 37.0 Å². The van der Waals surface area contributed by atoms with Gasteiger partial charge in [-0.25, -0.2) is 9.13 Å². The van der Waals surface area contributed by atoms with Gasteiger partial charge in [0.25, 0.3) is 0 Å². The van der Waals surface area contributed by atoms with Crippen molar-refractivity contribution >= 4 is 39.5 Å². The number of aliphatic hydroxyl groups is 1. The highest BCUT2D eigenvalue weighted by molar-refractivity contribution is 7.47. The Labute approximate surface area is 651 Å². The van der Waals surface area contributed by atoms with Crippen molar-refractivity contribution in [1.82, 2.24) is 0 Å². The molecule has 0 aliphatic heterocycles. The molecule has 0 rings (SSSR count). The lowest BCUT2D eigenvalue weighted by molar-refractivity contribution is -0.161. The number of carbonyl (C=O) groups is 4. The van der Waals surface area contributed by atoms with E-state index in [1.54, 1.807) is 0 Å². The van der Waals surface area contributed by atoms with Crippen molar-refractivity contribution in [1.29, 1.82) is 0 Å². The van der Waals surface area contributed by atoms with E-state index in [0.717, 1.165) is 114 Å². The van der Waals surface area contributed by atoms with Crippen LogP contribution in [0.4, 0.5) is 0 Å². The Bertz CT molecular complexity index is 2060. The summed E-state index contributed by atoms with van der Waals surface area (Å²) in [4.78, 5) is 73.3. The molecular formula is C87H170O17P2. The van der Waals surface area contributed by atoms with Gasteiger partial charge >= 0.3 is 39.5 Å². The predicted octanol–water partition coefficient (Wildman–Crippen LogP) is 26.3. The zero-order valence-corrected chi connectivity index (χ0v) is 71.9. The number of carbonyl (C=O) groups excluding carboxylic acids is 4. The summed E-state index contributed by atoms with van der Waals surface area (Å²) in [6.07, 6.45) is 65.1. The van der Waals surface area contributed by atoms with Gasteiger partial charge < -0.3 is 33.8 Å². The molecule has 106 heavy (non-hydrogen) atoms. The molecule has 19 heteroatoms. The molecule has 0 amide bonds. The van der Waals surface area contributed by atoms with Crippen LogP contribution in [0.15, 0.2) is 0 Å². The van der Waals surface area contributed by atoms with E-state index in [9.17, 15) is 43.2 Å². The third-order valence-electron chi connectivity index (χ3n) is 21.0. The predicted molar refractivity (Wildman–Crippen MR) is 437 cm³/mol. The Morgan fingerprint density at radius 1 is 0.264 bits per heavy atom. The summed E-state index contributed by atoms with van der Waals surface area (Å²) in [5.41, 5.74) is 0. The van der Waals surface area contributed by atoms with E-state index in [1.807, 2.05) is 0 Å². The molecular weight excluding hydrogens is 1380 g/mol. The van der Waals surface area contributed by atoms with E-state index in [2.05, 4.69) is 55.4 Å². The maximum Gasteiger partial charge on any atom is 0.472 e. The molecule has 17 nitrogen and oxygen atoms in total. The molecule has 0 saturated carbocycles. The number of phosphoric ester groups is 2. The first kappa shape index (κ1) is 104. The summed E-state index contributed by atoms with van der Waals surface area (Å²) in [6.45, 7) is 14.4. The number of phosphoric acid groups is 2. The molecule has 0 fully saturated rings. The van der Waals surface area contributed by atoms with Gasteiger partial charge in [-0.3, -0.25) is 37.3 Å². The van der Waals surface area contributed by atoms with Crippen molar-refractivity contribution in [3.63, 3.8) is 0 Å². The first-order valence-electron chi connectivity index (χ1n) is 44.8. The van der Waals surface area contributed by atoms with Crippen LogP contribution in [0.25, 0.3) is 0 Å². The fourth-order valence-corrected chi connectivity index (χ4v) is 15.0. The average Bonchev–Trinajstić information content (AvgIpc) is 0.905. The monoisotopic (exact) mass is 1550 g/mol. The van der Waals surface area contributed by atoms with Gasteiger partial charge in [0.05, 0.1) is 26.4 Å². The summed E-state index contributed by atoms with van der Waals surface area (Å²) in [6, 6.07) is 0. The van der Waals surface area contributed by atoms with Crippen LogP contribution in [0.5, 0.6) is 0 Å². The smallest absolute Gasteiger partial charge is 0.462 e. The summed E-state index contributed by atoms with van der Waals surface area (Å²) in [7, 11) is -9.93. The summed E-state index contributed by atoms with van der Waals surface area (Å²) in [5.74, 6) is 1.12. The van der Waals surface area contributed by atoms with Gasteiger partial charge in [0, 0.05) is 25.7 Å². The molecule has 0 aromatic heterocycles. The minimum absolute atomic E-state index is 0.106. The van der Waals surface area contributed by atoms with Crippen molar-refractivity contribution in [3.8, 4) is 0 Å². The van der Waals surface area contributed by atoms with Gasteiger partial charge in [-0.15, -0.1) is 0 Å². The third-order valence-corrected chi connectivity index (χ3v) is 22.9. The van der Waals surface area contributed by atoms with Crippen molar-refractivity contribution in [2.24, 2.45) is 23.7 Å². The molecule has 0 aromatic carbocycles. The van der Waals surface area contributed by atoms with Gasteiger partial charge in [-0.1, -0.05) is 402 Å². The van der Waals surface area contributed by atoms with E-state index in [-0.39, 0.29) is 25.7 Å². The van der Waals surface area contributed by atoms with E-state index >= 15 is 0 Å². The number of unbranched alkanes of at least 4 members (excludes halogenated alkanes) is 48. The Hall–Kier alpha value is -1.94. The molecule has 0 aliphatic carbocycles. The normalized spacial score (nSPS) is 14.4. The summed E-state index contributed by atoms with van der Waals surface area (Å²) in [5, 5.41) is 10.7. The molecule has 0 aromatic rings. The zero-order chi connectivity index (χ0) is 78.1. The Morgan fingerprint density at radius 2 is 0.453 bits per heavy atom. The highest BCUT2D eigenvalue weighted by Crippen LogP contribution is 2.45. The maximum absolute atomic E-state index is 13.2. The second-order valence-electron chi connectivity index (χ2n) is 32.7. The van der Waals surface area contributed by atoms with Crippen molar-refractivity contribution in [2.75, 3.05) is 39.6 Å². The van der Waals surface area contributed by atoms with Crippen LogP contribution in [0, 0.1) is 23.7 Å². The molecule has 0 heterocycles. The van der Waals surface area contributed by atoms with Crippen molar-refractivity contribution < 1.29 is 80.2 Å². The van der Waals surface area contributed by atoms with Crippen molar-refractivity contribution in [3.05, 3.63) is 0 Å². The molecule has 4 unspecified atom stereocenters. The molecule has 3 N–H and O–H groups in total. The fourth-order valence-electron chi connectivity index (χ4n) is 13.4. The lowest BCUT2D eigenvalue weighted by Gasteiger charge is -2.21. The number of hydrogen-bond acceptors (Lipinski definition) is 15. The average molecular weight is 1550 g/mol. The van der Waals surface area contributed by atoms with Gasteiger partial charge in [0.2, 0.25) is 0 Å². The lowest BCUT2D eigenvalue weighted by Crippen LogP contribution is -2.30. The molecule has 0 aliphatic rings. The Morgan fingerprint density at radius 3 is 0.670 bits per heavy atom. The van der Waals surface area contributed by atoms with E-state index in [1.165, 1.54) is 257 Å². The number of ether oxygens (including phenoxy) is 4. The van der Waals surface area contributed by atoms with Crippen LogP contribution < -0.4 is 0 Å². The number of rotatable bonds is 84. The lowest BCUT2D eigenvalue weighted by atomic mass is 9.99. The molecule has 7 atom stereocenters. The zero-order valence-electron chi connectivity index (χ0n) is 70.1. The number of hydrogen-bond donors (Lipinski definition) is 3. The Kier molecular flexibility index (Phi) is 74.3. The highest BCUT2D eigenvalue weighted by atomic mass is 31.2. The highest BCUT2D eigenvalue weighted by Gasteiger charge is 2.31. The van der Waals surface area contributed by atoms with Crippen LogP contribution in [0.2, 0.25) is 0 Å². The van der Waals surface area contributed by atoms with Crippen LogP contribution in [0.3, 0.4) is 0 Å². The molecule has 0 radical (unpaired) electrons. The first-order chi connectivity index (χ1) is 51.2. The molecule has 0 bridgehead atoms. The molecule has 630 valence electrons. The van der Waals surface area contributed by atoms with Gasteiger partial charge in [0.15, 0.2) is 12.2 Å². The standard InChI is InChI=1S/C87H170O17P2/c1-9-79(7)65-57-49-41-33-27-20-17-18-21-28-34-43-51-59-67-84(89)97-73-82(103-86(91)69-61-53-45-35-29-22-16-14-12-11-13-15-19-25-31-39-47-55-63-77(3)4)75-101-105(93,94)99-71-81(88)72-100-106(95,96)102-76-83(74-98-85(90)68-60-52-44-38-37-42-50-58-66-80(8)10-2)104-87(92)70-62-54-46-36-30-24-23-26-32-40-48-56-64-78(5)6/h77-83,88H,9-76H2,1-8H3,(H,93,94)(H,95,96)/t79?,80?,81-,82-,83-/m1/s1. The number of aliphatic hydroxyl groups excluding tert-OH is 1. The Balaban J connectivity index is 5.26. The molecule has 0 saturated heterocycles. The van der Waals surface area contributed by atoms with Crippen molar-refractivity contribution in [2.45, 2.75) is 472 Å². The second-order valence-corrected chi connectivity index (χ2v) is 35.6. The molecule has 0 spiro atoms. The topological polar surface area (TPSA) is 237 Å². The second kappa shape index (κ2) is 75.7. The third kappa shape index (κ3) is 77.4. The number of esters is 4. The summed E-state index contributed by atoms with van der Waals surface area (Å²) >= 11 is 0. The van der Waals surface area contributed by atoms with Crippen LogP contribution >= 0.6 is 15.6 Å². The maximum atomic E-state index is 13.2. The SMILES string of the molecule is CCC(C)CCCCCCCCCCCCCCCCC(=O)OC[C@H](COP(=O)(O)OC[C@@H](O)COP(=O)(O)OC[C@@H](COC(=O)CCCCCCCCCCC(C)CC)OC(=O)CCCCCCCCCCCCCCC(C)C)OC(=O)CCCCCCCCCCCCCCCCCCCCC(C)C. The van der Waals surface area contributed by atoms with Gasteiger partial charge in [0.1, 0.15) is 19.3 Å². The van der Waals surface area contributed by atoms with Crippen LogP contribution in [0.1, 0.15) is 453 Å². The minimum Gasteiger partial charge on any atom is -0.462 e. The quantitative estimate of drug-likeness (QED) is 0.0222. The largest absolute Gasteiger partial charge is 0.472 e.